The van der Waals surface area contributed by atoms with Crippen LogP contribution in [-0.2, 0) is 27.1 Å². The molecule has 0 saturated heterocycles. The van der Waals surface area contributed by atoms with E-state index >= 15 is 0 Å². The van der Waals surface area contributed by atoms with Gasteiger partial charge in [-0.05, 0) is 221 Å². The van der Waals surface area contributed by atoms with Crippen LogP contribution in [0.5, 0.6) is 0 Å². The fraction of sp³-hybridized carbons (Fsp3) is 0.0548. The Morgan fingerprint density at radius 2 is 0.362 bits per heavy atom. The van der Waals surface area contributed by atoms with Gasteiger partial charge < -0.3 is 13.3 Å². The number of para-hydroxylation sites is 6. The summed E-state index contributed by atoms with van der Waals surface area (Å²) in [4.78, 5) is 0. The van der Waals surface area contributed by atoms with Crippen LogP contribution in [0.4, 0.5) is 0 Å². The van der Waals surface area contributed by atoms with E-state index < -0.39 is 16.2 Å². The van der Waals surface area contributed by atoms with Crippen LogP contribution in [0.15, 0.2) is 553 Å². The predicted molar refractivity (Wildman–Crippen MR) is 614 cm³/mol. The fourth-order valence-corrected chi connectivity index (χ4v) is 27.1. The highest BCUT2D eigenvalue weighted by atomic mass is 16.3. The minimum Gasteiger partial charge on any atom is -0.455 e. The minimum atomic E-state index is -0.527. The molecule has 0 saturated carbocycles. The lowest BCUT2D eigenvalue weighted by Crippen LogP contribution is -2.30. The lowest BCUT2D eigenvalue weighted by Gasteiger charge is -2.36. The van der Waals surface area contributed by atoms with Gasteiger partial charge in [-0.2, -0.15) is 0 Å². The maximum atomic E-state index is 6.49. The molecule has 700 valence electrons. The zero-order valence-corrected chi connectivity index (χ0v) is 82.6. The summed E-state index contributed by atoms with van der Waals surface area (Å²) in [5, 5.41) is 6.89. The molecule has 0 fully saturated rings. The standard InChI is InChI=1S/C56H36O.C52H36O.C38H26O/c1-2-15-38(16-3-1)55(49-24-9-4-17-43(49)44-18-5-10-25-50(44)55)40-33-35-41(36-34-40)56(51-26-11-6-19-45(51)46-20-7-12-27-52(46)56)39-31-29-37(30-32-39)42-22-14-23-48-47-21-8-13-28-53(47)57-54(42)48;1-51(2)45-21-7-3-15-39(45)42-30-27-35(32-48(42)51)34-13-11-14-37(31-34)52(46-22-8-4-16-40(46)41-17-5-9-23-47(41)52)36-28-25-33(26-29-36)38-19-12-20-44-43-18-6-10-24-49(43)53-50(38)44;1-25-10-8-11-28(24-25)38(34-17-5-2-12-30(34)31-13-3-6-18-35(31)38)27-22-20-26(21-23-27)29-15-9-16-33-32-14-4-7-19-36(32)39-37(29)33/h1-36H;3-32H,1-2H3;2-24H,1H3. The Morgan fingerprint density at radius 1 is 0.141 bits per heavy atom. The van der Waals surface area contributed by atoms with Gasteiger partial charge in [-0.15, -0.1) is 0 Å². The van der Waals surface area contributed by atoms with E-state index in [4.69, 9.17) is 13.3 Å². The molecular weight excluding hydrogens is 1800 g/mol. The van der Waals surface area contributed by atoms with Crippen molar-refractivity contribution in [2.45, 2.75) is 47.8 Å². The first-order chi connectivity index (χ1) is 73.6. The Hall–Kier alpha value is -18.5. The molecule has 0 bridgehead atoms. The summed E-state index contributed by atoms with van der Waals surface area (Å²) < 4.78 is 19.3. The van der Waals surface area contributed by atoms with Gasteiger partial charge in [0.15, 0.2) is 0 Å². The zero-order chi connectivity index (χ0) is 98.8. The largest absolute Gasteiger partial charge is 0.455 e. The molecule has 0 spiro atoms. The van der Waals surface area contributed by atoms with Gasteiger partial charge in [-0.3, -0.25) is 0 Å². The van der Waals surface area contributed by atoms with Crippen molar-refractivity contribution in [1.82, 2.24) is 0 Å². The van der Waals surface area contributed by atoms with Gasteiger partial charge in [0, 0.05) is 54.4 Å². The van der Waals surface area contributed by atoms with Crippen molar-refractivity contribution in [2.75, 3.05) is 0 Å². The Balaban J connectivity index is 0.000000107. The quantitative estimate of drug-likeness (QED) is 0.122. The summed E-state index contributed by atoms with van der Waals surface area (Å²) in [6, 6.07) is 199. The monoisotopic (exact) mass is 1900 g/mol. The highest BCUT2D eigenvalue weighted by molar-refractivity contribution is 6.12. The number of benzene rings is 23. The maximum Gasteiger partial charge on any atom is 0.143 e. The lowest BCUT2D eigenvalue weighted by atomic mass is 9.65. The van der Waals surface area contributed by atoms with Gasteiger partial charge in [0.1, 0.15) is 33.5 Å². The predicted octanol–water partition coefficient (Wildman–Crippen LogP) is 37.5. The molecule has 5 aliphatic rings. The van der Waals surface area contributed by atoms with Crippen LogP contribution in [0.1, 0.15) is 120 Å². The molecule has 5 aliphatic carbocycles. The number of rotatable bonds is 12. The first-order valence-electron chi connectivity index (χ1n) is 52.0. The van der Waals surface area contributed by atoms with Crippen molar-refractivity contribution >= 4 is 65.8 Å². The first kappa shape index (κ1) is 87.1. The fourth-order valence-electron chi connectivity index (χ4n) is 27.1. The lowest BCUT2D eigenvalue weighted by molar-refractivity contribution is 0.660. The smallest absolute Gasteiger partial charge is 0.143 e. The molecule has 3 heteroatoms. The van der Waals surface area contributed by atoms with Crippen molar-refractivity contribution in [3.8, 4) is 100 Å². The molecule has 0 aliphatic heterocycles. The van der Waals surface area contributed by atoms with Crippen LogP contribution in [0.3, 0.4) is 0 Å². The van der Waals surface area contributed by atoms with Crippen LogP contribution in [0.2, 0.25) is 0 Å². The maximum absolute atomic E-state index is 6.49. The highest BCUT2D eigenvalue weighted by Gasteiger charge is 2.52. The second-order valence-corrected chi connectivity index (χ2v) is 41.3. The van der Waals surface area contributed by atoms with E-state index in [9.17, 15) is 0 Å². The van der Waals surface area contributed by atoms with E-state index in [-0.39, 0.29) is 10.8 Å². The van der Waals surface area contributed by atoms with Crippen molar-refractivity contribution in [3.05, 3.63) is 646 Å². The van der Waals surface area contributed by atoms with E-state index in [0.29, 0.717) is 0 Å². The Bertz CT molecular complexity index is 9700. The first-order valence-corrected chi connectivity index (χ1v) is 52.0. The molecule has 3 nitrogen and oxygen atoms in total. The number of hydrogen-bond donors (Lipinski definition) is 0. The van der Waals surface area contributed by atoms with Gasteiger partial charge in [0.05, 0.1) is 21.7 Å². The number of fused-ring (bicyclic) bond motifs is 24. The number of aryl methyl sites for hydroxylation is 1. The highest BCUT2D eigenvalue weighted by Crippen LogP contribution is 2.63. The van der Waals surface area contributed by atoms with Gasteiger partial charge >= 0.3 is 0 Å². The van der Waals surface area contributed by atoms with Crippen molar-refractivity contribution in [1.29, 1.82) is 0 Å². The van der Waals surface area contributed by atoms with E-state index in [1.54, 1.807) is 0 Å². The zero-order valence-electron chi connectivity index (χ0n) is 82.6. The van der Waals surface area contributed by atoms with E-state index in [2.05, 4.69) is 536 Å². The van der Waals surface area contributed by atoms with Crippen LogP contribution in [0, 0.1) is 6.92 Å². The van der Waals surface area contributed by atoms with Gasteiger partial charge in [0.2, 0.25) is 0 Å². The van der Waals surface area contributed by atoms with Crippen molar-refractivity contribution in [2.24, 2.45) is 0 Å². The third-order valence-electron chi connectivity index (χ3n) is 33.5. The van der Waals surface area contributed by atoms with Crippen molar-refractivity contribution < 1.29 is 13.3 Å². The Morgan fingerprint density at radius 3 is 0.698 bits per heavy atom. The molecule has 0 N–H and O–H groups in total. The van der Waals surface area contributed by atoms with Gasteiger partial charge in [-0.1, -0.05) is 529 Å². The molecular formula is C146H98O3. The third kappa shape index (κ3) is 12.9. The summed E-state index contributed by atoms with van der Waals surface area (Å²) in [5.41, 5.74) is 50.7. The second-order valence-electron chi connectivity index (χ2n) is 41.3. The molecule has 3 heterocycles. The molecule has 3 aromatic heterocycles. The summed E-state index contributed by atoms with van der Waals surface area (Å²) in [5.74, 6) is 0. The normalized spacial score (nSPS) is 14.1. The van der Waals surface area contributed by atoms with Gasteiger partial charge in [-0.25, -0.2) is 0 Å². The molecule has 0 atom stereocenters. The van der Waals surface area contributed by atoms with Crippen LogP contribution in [0.25, 0.3) is 166 Å². The average molecular weight is 1900 g/mol. The molecule has 0 unspecified atom stereocenters. The van der Waals surface area contributed by atoms with Gasteiger partial charge in [0.25, 0.3) is 0 Å². The summed E-state index contributed by atoms with van der Waals surface area (Å²) >= 11 is 0. The van der Waals surface area contributed by atoms with Crippen LogP contribution >= 0.6 is 0 Å². The number of furan rings is 3. The minimum absolute atomic E-state index is 0.0570. The number of hydrogen-bond acceptors (Lipinski definition) is 3. The summed E-state index contributed by atoms with van der Waals surface area (Å²) in [6.07, 6.45) is 0. The van der Waals surface area contributed by atoms with E-state index in [1.807, 2.05) is 24.3 Å². The summed E-state index contributed by atoms with van der Waals surface area (Å²) in [7, 11) is 0. The Labute approximate surface area is 866 Å². The SMILES string of the molecule is CC1(C)c2ccccc2-c2ccc(-c3cccc(C4(c5ccc(-c6cccc7c6oc6ccccc67)cc5)c5ccccc5-c5ccccc54)c3)cc21.Cc1cccc(C2(c3ccc(-c4cccc5c4oc4ccccc45)cc3)c3ccccc3-c3ccccc32)c1.c1ccc(C2(c3ccc(C4(c5ccc(-c6cccc7c6oc6ccccc67)cc5)c5ccccc5-c5ccccc54)cc3)c3ccccc3-c3ccccc32)cc1. The Kier molecular flexibility index (Phi) is 19.9. The van der Waals surface area contributed by atoms with Crippen LogP contribution in [-0.4, -0.2) is 0 Å². The molecule has 149 heavy (non-hydrogen) atoms. The molecule has 0 amide bonds. The second kappa shape index (κ2) is 34.1. The van der Waals surface area contributed by atoms with Crippen LogP contribution < -0.4 is 0 Å². The molecule has 26 aromatic rings. The van der Waals surface area contributed by atoms with Crippen molar-refractivity contribution in [3.63, 3.8) is 0 Å². The van der Waals surface area contributed by atoms with E-state index in [1.165, 1.54) is 172 Å². The molecule has 0 radical (unpaired) electrons. The van der Waals surface area contributed by atoms with E-state index in [0.717, 1.165) is 99.2 Å². The third-order valence-corrected chi connectivity index (χ3v) is 33.5. The summed E-state index contributed by atoms with van der Waals surface area (Å²) in [6.45, 7) is 6.90. The average Bonchev–Trinajstić information content (AvgIpc) is 1.53. The topological polar surface area (TPSA) is 39.4 Å². The molecule has 31 rings (SSSR count). The molecule has 23 aromatic carbocycles.